The number of nitrogens with one attached hydrogen (secondary N) is 1. The summed E-state index contributed by atoms with van der Waals surface area (Å²) in [6, 6.07) is 8.78. The maximum Gasteiger partial charge on any atom is 0.267 e. The summed E-state index contributed by atoms with van der Waals surface area (Å²) in [4.78, 5) is 28.7. The number of carbonyl (C=O) groups excluding carboxylic acids is 1. The molecule has 1 aromatic carbocycles. The van der Waals surface area contributed by atoms with Gasteiger partial charge in [0.25, 0.3) is 5.56 Å². The maximum atomic E-state index is 13.3. The van der Waals surface area contributed by atoms with Crippen LogP contribution >= 0.6 is 22.9 Å². The summed E-state index contributed by atoms with van der Waals surface area (Å²) in [6.07, 6.45) is 0. The molecule has 0 spiro atoms. The molecule has 0 aliphatic carbocycles. The first-order valence-corrected chi connectivity index (χ1v) is 9.47. The Morgan fingerprint density at radius 1 is 1.26 bits per heavy atom. The number of aromatic nitrogens is 3. The van der Waals surface area contributed by atoms with Gasteiger partial charge in [-0.1, -0.05) is 11.3 Å². The lowest BCUT2D eigenvalue weighted by molar-refractivity contribution is -0.113. The first kappa shape index (κ1) is 19.2. The van der Waals surface area contributed by atoms with Crippen molar-refractivity contribution in [3.05, 3.63) is 52.6 Å². The van der Waals surface area contributed by atoms with E-state index >= 15 is 0 Å². The molecule has 2 aromatic heterocycles. The van der Waals surface area contributed by atoms with Crippen LogP contribution in [0.5, 0.6) is 0 Å². The highest BCUT2D eigenvalue weighted by Gasteiger charge is 2.18. The second-order valence-electron chi connectivity index (χ2n) is 5.98. The number of rotatable bonds is 5. The summed E-state index contributed by atoms with van der Waals surface area (Å²) in [5, 5.41) is 7.38. The zero-order chi connectivity index (χ0) is 19.6. The monoisotopic (exact) mass is 406 g/mol. The summed E-state index contributed by atoms with van der Waals surface area (Å²) in [5.74, 6) is -0.947. The topological polar surface area (TPSA) is 76.9 Å². The number of benzene rings is 1. The van der Waals surface area contributed by atoms with Crippen LogP contribution in [0, 0.1) is 5.82 Å². The van der Waals surface area contributed by atoms with E-state index in [0.29, 0.717) is 27.0 Å². The van der Waals surface area contributed by atoms with E-state index in [9.17, 15) is 14.0 Å². The summed E-state index contributed by atoms with van der Waals surface area (Å²) >= 11 is 6.75. The van der Waals surface area contributed by atoms with Crippen LogP contribution in [0.3, 0.4) is 0 Å². The Morgan fingerprint density at radius 2 is 1.96 bits per heavy atom. The molecule has 0 aliphatic rings. The average Bonchev–Trinajstić information content (AvgIpc) is 3.06. The van der Waals surface area contributed by atoms with Crippen molar-refractivity contribution in [3.8, 4) is 21.8 Å². The van der Waals surface area contributed by atoms with Crippen molar-refractivity contribution in [1.82, 2.24) is 14.8 Å². The van der Waals surface area contributed by atoms with Crippen molar-refractivity contribution in [2.45, 2.75) is 19.9 Å². The van der Waals surface area contributed by atoms with E-state index in [1.54, 1.807) is 18.2 Å². The van der Waals surface area contributed by atoms with Crippen molar-refractivity contribution < 1.29 is 9.18 Å². The third-order valence-corrected chi connectivity index (χ3v) is 4.90. The second-order valence-corrected chi connectivity index (χ2v) is 7.25. The molecule has 3 aromatic rings. The largest absolute Gasteiger partial charge is 0.301 e. The minimum atomic E-state index is -0.386. The van der Waals surface area contributed by atoms with Crippen molar-refractivity contribution in [2.75, 3.05) is 11.2 Å². The van der Waals surface area contributed by atoms with Gasteiger partial charge in [0.1, 0.15) is 17.4 Å². The molecule has 0 saturated heterocycles. The molecule has 6 nitrogen and oxygen atoms in total. The number of hydrogen-bond acceptors (Lipinski definition) is 5. The summed E-state index contributed by atoms with van der Waals surface area (Å²) in [7, 11) is 0. The molecular formula is C18H16ClFN4O2S. The molecule has 9 heteroatoms. The van der Waals surface area contributed by atoms with Gasteiger partial charge in [0.2, 0.25) is 5.91 Å². The van der Waals surface area contributed by atoms with E-state index in [0.717, 1.165) is 0 Å². The second kappa shape index (κ2) is 7.98. The molecule has 0 fully saturated rings. The van der Waals surface area contributed by atoms with E-state index in [2.05, 4.69) is 15.4 Å². The smallest absolute Gasteiger partial charge is 0.267 e. The summed E-state index contributed by atoms with van der Waals surface area (Å²) in [6.45, 7) is 3.72. The van der Waals surface area contributed by atoms with Crippen LogP contribution in [0.25, 0.3) is 21.8 Å². The highest BCUT2D eigenvalue weighted by Crippen LogP contribution is 2.38. The number of alkyl halides is 1. The zero-order valence-corrected chi connectivity index (χ0v) is 16.1. The zero-order valence-electron chi connectivity index (χ0n) is 14.6. The Hall–Kier alpha value is -2.58. The lowest BCUT2D eigenvalue weighted by Gasteiger charge is -2.09. The molecule has 1 N–H and O–H groups in total. The number of hydrogen-bond donors (Lipinski definition) is 1. The first-order chi connectivity index (χ1) is 12.9. The summed E-state index contributed by atoms with van der Waals surface area (Å²) in [5.41, 5.74) is 1.52. The number of halogens is 2. The number of thiazole rings is 1. The van der Waals surface area contributed by atoms with Gasteiger partial charge in [-0.25, -0.2) is 14.1 Å². The third-order valence-electron chi connectivity index (χ3n) is 3.66. The van der Waals surface area contributed by atoms with Crippen LogP contribution in [-0.4, -0.2) is 26.6 Å². The van der Waals surface area contributed by atoms with Crippen LogP contribution < -0.4 is 10.9 Å². The van der Waals surface area contributed by atoms with Gasteiger partial charge in [-0.15, -0.1) is 11.6 Å². The standard InChI is InChI=1S/C18H16ClFN4O2S/c1-10(2)24-15(26)8-7-13(23-24)17-16(11-3-5-12(20)6-4-11)22-18(27-17)21-14(25)9-19/h3-8,10H,9H2,1-2H3,(H,21,22,25). The molecule has 2 heterocycles. The average molecular weight is 407 g/mol. The molecular weight excluding hydrogens is 391 g/mol. The van der Waals surface area contributed by atoms with E-state index in [1.807, 2.05) is 13.8 Å². The van der Waals surface area contributed by atoms with Crippen LogP contribution in [0.1, 0.15) is 19.9 Å². The van der Waals surface area contributed by atoms with Gasteiger partial charge < -0.3 is 5.32 Å². The van der Waals surface area contributed by atoms with Gasteiger partial charge >= 0.3 is 0 Å². The van der Waals surface area contributed by atoms with Crippen LogP contribution in [0.4, 0.5) is 9.52 Å². The Balaban J connectivity index is 2.15. The first-order valence-electron chi connectivity index (χ1n) is 8.12. The molecule has 140 valence electrons. The van der Waals surface area contributed by atoms with Crippen molar-refractivity contribution in [2.24, 2.45) is 0 Å². The Labute approximate surface area is 163 Å². The molecule has 0 bridgehead atoms. The Morgan fingerprint density at radius 3 is 2.59 bits per heavy atom. The predicted octanol–water partition coefficient (Wildman–Crippen LogP) is 3.93. The SMILES string of the molecule is CC(C)n1nc(-c2sc(NC(=O)CCl)nc2-c2ccc(F)cc2)ccc1=O. The molecule has 0 saturated carbocycles. The fourth-order valence-corrected chi connectivity index (χ4v) is 3.46. The fourth-order valence-electron chi connectivity index (χ4n) is 2.42. The molecule has 27 heavy (non-hydrogen) atoms. The summed E-state index contributed by atoms with van der Waals surface area (Å²) < 4.78 is 14.7. The Bertz CT molecular complexity index is 1030. The van der Waals surface area contributed by atoms with E-state index in [4.69, 9.17) is 11.6 Å². The normalized spacial score (nSPS) is 11.0. The molecule has 0 atom stereocenters. The predicted molar refractivity (Wildman–Crippen MR) is 105 cm³/mol. The highest BCUT2D eigenvalue weighted by atomic mass is 35.5. The Kier molecular flexibility index (Phi) is 5.67. The number of nitrogens with zero attached hydrogens (tertiary/aromatic N) is 3. The minimum absolute atomic E-state index is 0.116. The van der Waals surface area contributed by atoms with Crippen molar-refractivity contribution >= 4 is 34.0 Å². The van der Waals surface area contributed by atoms with Gasteiger partial charge in [-0.2, -0.15) is 5.10 Å². The molecule has 0 unspecified atom stereocenters. The van der Waals surface area contributed by atoms with Crippen molar-refractivity contribution in [1.29, 1.82) is 0 Å². The van der Waals surface area contributed by atoms with Crippen LogP contribution in [0.15, 0.2) is 41.2 Å². The van der Waals surface area contributed by atoms with Crippen LogP contribution in [-0.2, 0) is 4.79 Å². The molecule has 1 amide bonds. The molecule has 0 radical (unpaired) electrons. The number of anilines is 1. The van der Waals surface area contributed by atoms with Crippen molar-refractivity contribution in [3.63, 3.8) is 0 Å². The lowest BCUT2D eigenvalue weighted by atomic mass is 10.1. The number of carbonyl (C=O) groups is 1. The van der Waals surface area contributed by atoms with Gasteiger partial charge in [-0.3, -0.25) is 9.59 Å². The van der Waals surface area contributed by atoms with Gasteiger partial charge in [-0.05, 0) is 44.2 Å². The van der Waals surface area contributed by atoms with E-state index in [-0.39, 0.29) is 29.2 Å². The third kappa shape index (κ3) is 4.23. The van der Waals surface area contributed by atoms with Gasteiger partial charge in [0.15, 0.2) is 5.13 Å². The fraction of sp³-hybridized carbons (Fsp3) is 0.222. The van der Waals surface area contributed by atoms with Gasteiger partial charge in [0.05, 0.1) is 16.6 Å². The lowest BCUT2D eigenvalue weighted by Crippen LogP contribution is -2.23. The highest BCUT2D eigenvalue weighted by molar-refractivity contribution is 7.19. The van der Waals surface area contributed by atoms with E-state index in [1.165, 1.54) is 34.2 Å². The molecule has 0 aliphatic heterocycles. The van der Waals surface area contributed by atoms with Crippen LogP contribution in [0.2, 0.25) is 0 Å². The quantitative estimate of drug-likeness (QED) is 0.651. The van der Waals surface area contributed by atoms with Gasteiger partial charge in [0, 0.05) is 11.6 Å². The maximum absolute atomic E-state index is 13.3. The van der Waals surface area contributed by atoms with E-state index < -0.39 is 0 Å². The minimum Gasteiger partial charge on any atom is -0.301 e. The number of amides is 1. The molecule has 3 rings (SSSR count).